The van der Waals surface area contributed by atoms with Gasteiger partial charge in [-0.2, -0.15) is 0 Å². The number of hydrogen-bond acceptors (Lipinski definition) is 3. The second-order valence-corrected chi connectivity index (χ2v) is 4.26. The van der Waals surface area contributed by atoms with E-state index in [1.807, 2.05) is 0 Å². The molecule has 0 fully saturated rings. The molecule has 0 amide bonds. The molecular weight excluding hydrogens is 246 g/mol. The first-order chi connectivity index (χ1) is 8.35. The Labute approximate surface area is 115 Å². The lowest BCUT2D eigenvalue weighted by Crippen LogP contribution is -2.26. The summed E-state index contributed by atoms with van der Waals surface area (Å²) in [5.41, 5.74) is 4.13. The van der Waals surface area contributed by atoms with Crippen LogP contribution in [0.3, 0.4) is 0 Å². The standard InChI is InChI=1S/C14H21N3.ClH/c1-3-11-6-5-7-13(12(11)4-2)17-10-14-15-8-9-16-14;/h5-7,17H,3-4,8-10H2,1-2H3,(H,15,16);1H. The minimum atomic E-state index is 0. The van der Waals surface area contributed by atoms with Crippen LogP contribution in [0.15, 0.2) is 23.2 Å². The van der Waals surface area contributed by atoms with E-state index in [0.717, 1.165) is 38.3 Å². The molecule has 1 aliphatic heterocycles. The molecule has 100 valence electrons. The molecule has 0 spiro atoms. The smallest absolute Gasteiger partial charge is 0.116 e. The predicted octanol–water partition coefficient (Wildman–Crippen LogP) is 2.65. The van der Waals surface area contributed by atoms with Crippen molar-refractivity contribution in [3.63, 3.8) is 0 Å². The second kappa shape index (κ2) is 7.27. The summed E-state index contributed by atoms with van der Waals surface area (Å²) in [4.78, 5) is 4.39. The van der Waals surface area contributed by atoms with E-state index >= 15 is 0 Å². The van der Waals surface area contributed by atoms with Crippen molar-refractivity contribution in [1.29, 1.82) is 0 Å². The van der Waals surface area contributed by atoms with Crippen molar-refractivity contribution in [3.05, 3.63) is 29.3 Å². The molecule has 18 heavy (non-hydrogen) atoms. The van der Waals surface area contributed by atoms with Gasteiger partial charge in [-0.25, -0.2) is 0 Å². The average Bonchev–Trinajstić information content (AvgIpc) is 2.88. The molecule has 1 aromatic rings. The minimum absolute atomic E-state index is 0. The van der Waals surface area contributed by atoms with Gasteiger partial charge in [0.1, 0.15) is 5.84 Å². The van der Waals surface area contributed by atoms with Crippen molar-refractivity contribution in [2.75, 3.05) is 25.0 Å². The number of hydrogen-bond donors (Lipinski definition) is 2. The number of rotatable bonds is 5. The molecule has 0 aliphatic carbocycles. The van der Waals surface area contributed by atoms with Gasteiger partial charge in [0.05, 0.1) is 13.1 Å². The number of anilines is 1. The van der Waals surface area contributed by atoms with E-state index in [2.05, 4.69) is 47.7 Å². The fourth-order valence-corrected chi connectivity index (χ4v) is 2.29. The molecule has 1 heterocycles. The monoisotopic (exact) mass is 267 g/mol. The first kappa shape index (κ1) is 14.8. The summed E-state index contributed by atoms with van der Waals surface area (Å²) in [6.45, 7) is 7.12. The van der Waals surface area contributed by atoms with Gasteiger partial charge in [-0.15, -0.1) is 12.4 Å². The third-order valence-corrected chi connectivity index (χ3v) is 3.20. The molecule has 2 N–H and O–H groups in total. The van der Waals surface area contributed by atoms with E-state index in [1.165, 1.54) is 16.8 Å². The molecule has 0 unspecified atom stereocenters. The molecule has 0 atom stereocenters. The van der Waals surface area contributed by atoms with Gasteiger partial charge >= 0.3 is 0 Å². The van der Waals surface area contributed by atoms with Gasteiger partial charge in [-0.05, 0) is 30.0 Å². The van der Waals surface area contributed by atoms with Gasteiger partial charge < -0.3 is 10.6 Å². The highest BCUT2D eigenvalue weighted by atomic mass is 35.5. The normalized spacial score (nSPS) is 13.6. The van der Waals surface area contributed by atoms with Crippen LogP contribution in [0.5, 0.6) is 0 Å². The van der Waals surface area contributed by atoms with Crippen LogP contribution in [0.2, 0.25) is 0 Å². The maximum absolute atomic E-state index is 4.39. The van der Waals surface area contributed by atoms with Gasteiger partial charge in [-0.1, -0.05) is 26.0 Å². The summed E-state index contributed by atoms with van der Waals surface area (Å²) in [6, 6.07) is 6.51. The van der Waals surface area contributed by atoms with E-state index in [0.29, 0.717) is 0 Å². The van der Waals surface area contributed by atoms with Crippen LogP contribution in [-0.2, 0) is 12.8 Å². The lowest BCUT2D eigenvalue weighted by molar-refractivity contribution is 0.955. The van der Waals surface area contributed by atoms with Gasteiger partial charge in [-0.3, -0.25) is 4.99 Å². The fraction of sp³-hybridized carbons (Fsp3) is 0.500. The highest BCUT2D eigenvalue weighted by Crippen LogP contribution is 2.21. The van der Waals surface area contributed by atoms with E-state index in [-0.39, 0.29) is 12.4 Å². The molecule has 1 aromatic carbocycles. The first-order valence-electron chi connectivity index (χ1n) is 6.47. The van der Waals surface area contributed by atoms with Crippen LogP contribution in [0.4, 0.5) is 5.69 Å². The van der Waals surface area contributed by atoms with Crippen molar-refractivity contribution in [3.8, 4) is 0 Å². The van der Waals surface area contributed by atoms with E-state index < -0.39 is 0 Å². The summed E-state index contributed by atoms with van der Waals surface area (Å²) in [5.74, 6) is 1.08. The number of aryl methyl sites for hydroxylation is 1. The highest BCUT2D eigenvalue weighted by Gasteiger charge is 2.08. The summed E-state index contributed by atoms with van der Waals surface area (Å²) >= 11 is 0. The fourth-order valence-electron chi connectivity index (χ4n) is 2.29. The number of aliphatic imine (C=N–C) groups is 1. The SMILES string of the molecule is CCc1cccc(NCC2=NCCN2)c1CC.Cl. The number of halogens is 1. The third-order valence-electron chi connectivity index (χ3n) is 3.20. The second-order valence-electron chi connectivity index (χ2n) is 4.26. The van der Waals surface area contributed by atoms with Gasteiger partial charge in [0.15, 0.2) is 0 Å². The van der Waals surface area contributed by atoms with Crippen molar-refractivity contribution < 1.29 is 0 Å². The molecule has 0 radical (unpaired) electrons. The Morgan fingerprint density at radius 1 is 1.28 bits per heavy atom. The maximum Gasteiger partial charge on any atom is 0.116 e. The molecule has 0 saturated heterocycles. The molecule has 4 heteroatoms. The van der Waals surface area contributed by atoms with Crippen LogP contribution in [0.1, 0.15) is 25.0 Å². The van der Waals surface area contributed by atoms with Crippen LogP contribution < -0.4 is 10.6 Å². The number of benzene rings is 1. The van der Waals surface area contributed by atoms with Crippen molar-refractivity contribution in [1.82, 2.24) is 5.32 Å². The maximum atomic E-state index is 4.39. The van der Waals surface area contributed by atoms with Crippen LogP contribution in [0, 0.1) is 0 Å². The molecule has 0 aromatic heterocycles. The average molecular weight is 268 g/mol. The van der Waals surface area contributed by atoms with Crippen LogP contribution in [0.25, 0.3) is 0 Å². The van der Waals surface area contributed by atoms with E-state index in [9.17, 15) is 0 Å². The van der Waals surface area contributed by atoms with Crippen LogP contribution >= 0.6 is 12.4 Å². The van der Waals surface area contributed by atoms with Crippen LogP contribution in [-0.4, -0.2) is 25.5 Å². The Hall–Kier alpha value is -1.22. The molecule has 0 saturated carbocycles. The summed E-state index contributed by atoms with van der Waals surface area (Å²) in [5, 5.41) is 6.77. The summed E-state index contributed by atoms with van der Waals surface area (Å²) < 4.78 is 0. The topological polar surface area (TPSA) is 36.4 Å². The molecule has 2 rings (SSSR count). The minimum Gasteiger partial charge on any atom is -0.378 e. The largest absolute Gasteiger partial charge is 0.378 e. The molecular formula is C14H22ClN3. The van der Waals surface area contributed by atoms with Gasteiger partial charge in [0, 0.05) is 12.2 Å². The number of amidine groups is 1. The zero-order chi connectivity index (χ0) is 12.1. The Balaban J connectivity index is 0.00000162. The van der Waals surface area contributed by atoms with Crippen molar-refractivity contribution >= 4 is 23.9 Å². The zero-order valence-corrected chi connectivity index (χ0v) is 11.9. The van der Waals surface area contributed by atoms with Crippen molar-refractivity contribution in [2.45, 2.75) is 26.7 Å². The molecule has 0 bridgehead atoms. The van der Waals surface area contributed by atoms with E-state index in [4.69, 9.17) is 0 Å². The van der Waals surface area contributed by atoms with Gasteiger partial charge in [0.25, 0.3) is 0 Å². The summed E-state index contributed by atoms with van der Waals surface area (Å²) in [7, 11) is 0. The lowest BCUT2D eigenvalue weighted by atomic mass is 10.0. The highest BCUT2D eigenvalue weighted by molar-refractivity contribution is 5.87. The Morgan fingerprint density at radius 3 is 2.72 bits per heavy atom. The Morgan fingerprint density at radius 2 is 2.11 bits per heavy atom. The third kappa shape index (κ3) is 3.39. The Bertz CT molecular complexity index is 416. The predicted molar refractivity (Wildman–Crippen MR) is 81.2 cm³/mol. The summed E-state index contributed by atoms with van der Waals surface area (Å²) in [6.07, 6.45) is 2.17. The zero-order valence-electron chi connectivity index (χ0n) is 11.1. The van der Waals surface area contributed by atoms with E-state index in [1.54, 1.807) is 0 Å². The van der Waals surface area contributed by atoms with Gasteiger partial charge in [0.2, 0.25) is 0 Å². The first-order valence-corrected chi connectivity index (χ1v) is 6.47. The quantitative estimate of drug-likeness (QED) is 0.861. The molecule has 3 nitrogen and oxygen atoms in total. The lowest BCUT2D eigenvalue weighted by Gasteiger charge is -2.14. The number of nitrogens with zero attached hydrogens (tertiary/aromatic N) is 1. The van der Waals surface area contributed by atoms with Crippen molar-refractivity contribution in [2.24, 2.45) is 4.99 Å². The number of nitrogens with one attached hydrogen (secondary N) is 2. The Kier molecular flexibility index (Phi) is 5.99. The molecule has 1 aliphatic rings.